The number of rotatable bonds is 14. The van der Waals surface area contributed by atoms with Gasteiger partial charge in [0.2, 0.25) is 0 Å². The summed E-state index contributed by atoms with van der Waals surface area (Å²) in [4.78, 5) is 2.31. The molecule has 1 nitrogen and oxygen atoms in total. The fourth-order valence-electron chi connectivity index (χ4n) is 7.67. The molecular weight excluding hydrogens is 687 g/mol. The molecule has 0 unspecified atom stereocenters. The lowest BCUT2D eigenvalue weighted by molar-refractivity contribution is 0.486. The summed E-state index contributed by atoms with van der Waals surface area (Å²) in [6.45, 7) is 28.9. The molecule has 0 fully saturated rings. The van der Waals surface area contributed by atoms with Gasteiger partial charge in [-0.2, -0.15) is 0 Å². The lowest BCUT2D eigenvalue weighted by Crippen LogP contribution is -2.26. The second-order valence-electron chi connectivity index (χ2n) is 16.0. The summed E-state index contributed by atoms with van der Waals surface area (Å²) in [5.41, 5.74) is 20.1. The Hall–Kier alpha value is -5.88. The van der Waals surface area contributed by atoms with Crippen LogP contribution in [0.15, 0.2) is 210 Å². The normalized spacial score (nSPS) is 16.2. The second kappa shape index (κ2) is 18.8. The van der Waals surface area contributed by atoms with E-state index in [1.807, 2.05) is 25.1 Å². The summed E-state index contributed by atoms with van der Waals surface area (Å²) in [5, 5.41) is 0. The van der Waals surface area contributed by atoms with E-state index in [9.17, 15) is 0 Å². The van der Waals surface area contributed by atoms with Crippen molar-refractivity contribution in [3.8, 4) is 0 Å². The van der Waals surface area contributed by atoms with Gasteiger partial charge in [0.15, 0.2) is 0 Å². The fourth-order valence-corrected chi connectivity index (χ4v) is 7.67. The van der Waals surface area contributed by atoms with Gasteiger partial charge in [0.25, 0.3) is 0 Å². The van der Waals surface area contributed by atoms with Crippen LogP contribution in [0.4, 0.5) is 5.69 Å². The van der Waals surface area contributed by atoms with Crippen LogP contribution in [0.2, 0.25) is 0 Å². The molecule has 0 aliphatic heterocycles. The maximum atomic E-state index is 4.42. The van der Waals surface area contributed by atoms with Gasteiger partial charge in [-0.1, -0.05) is 157 Å². The van der Waals surface area contributed by atoms with Crippen LogP contribution in [0.3, 0.4) is 0 Å². The Morgan fingerprint density at radius 1 is 0.877 bits per heavy atom. The van der Waals surface area contributed by atoms with Crippen LogP contribution in [0, 0.1) is 5.41 Å². The average Bonchev–Trinajstić information content (AvgIpc) is 3.32. The third-order valence-corrected chi connectivity index (χ3v) is 11.5. The van der Waals surface area contributed by atoms with Crippen molar-refractivity contribution in [1.29, 1.82) is 0 Å². The number of hydrogen-bond acceptors (Lipinski definition) is 1. The maximum Gasteiger partial charge on any atom is 0.0458 e. The van der Waals surface area contributed by atoms with E-state index >= 15 is 0 Å². The van der Waals surface area contributed by atoms with Gasteiger partial charge in [-0.05, 0) is 151 Å². The standard InChI is InChI=1S/C56H61N/c1-12-16-24-43(7)57(51-29-21-18-22-30-51)50(13-2)40-53-44(8)52-36-34-46(39-54(52)56(53,14-3)15-4)32-31-45-25-23-28-48(35-33-45)49(38-42(6)55(9,10)11)37-41(5)47-26-19-17-20-27-47/h12-13,16-27,29-40H,2,5,14-15H2,1,3-4,6-11H3/b16-12-,32-31+,42-38+,43-24+,49-37+,50-40+. The van der Waals surface area contributed by atoms with Crippen LogP contribution in [0.1, 0.15) is 97.4 Å². The van der Waals surface area contributed by atoms with Crippen molar-refractivity contribution in [3.63, 3.8) is 0 Å². The van der Waals surface area contributed by atoms with Gasteiger partial charge < -0.3 is 4.90 Å². The number of allylic oxidation sites excluding steroid dienone is 19. The highest BCUT2D eigenvalue weighted by Gasteiger charge is 2.40. The van der Waals surface area contributed by atoms with Crippen LogP contribution in [-0.4, -0.2) is 0 Å². The summed E-state index contributed by atoms with van der Waals surface area (Å²) >= 11 is 0. The molecule has 0 amide bonds. The molecule has 57 heavy (non-hydrogen) atoms. The highest BCUT2D eigenvalue weighted by molar-refractivity contribution is 5.83. The van der Waals surface area contributed by atoms with Gasteiger partial charge in [0.05, 0.1) is 0 Å². The van der Waals surface area contributed by atoms with E-state index in [2.05, 4.69) is 219 Å². The van der Waals surface area contributed by atoms with Crippen molar-refractivity contribution >= 4 is 22.9 Å². The van der Waals surface area contributed by atoms with Crippen LogP contribution >= 0.6 is 0 Å². The smallest absolute Gasteiger partial charge is 0.0458 e. The minimum Gasteiger partial charge on any atom is -0.315 e. The van der Waals surface area contributed by atoms with E-state index in [-0.39, 0.29) is 10.8 Å². The van der Waals surface area contributed by atoms with E-state index in [1.165, 1.54) is 33.4 Å². The molecule has 3 aromatic carbocycles. The van der Waals surface area contributed by atoms with Gasteiger partial charge >= 0.3 is 0 Å². The first-order valence-corrected chi connectivity index (χ1v) is 20.4. The van der Waals surface area contributed by atoms with E-state index in [4.69, 9.17) is 0 Å². The van der Waals surface area contributed by atoms with E-state index in [0.717, 1.165) is 57.8 Å². The average molecular weight is 748 g/mol. The maximum absolute atomic E-state index is 4.42. The van der Waals surface area contributed by atoms with Crippen LogP contribution in [-0.2, 0) is 5.41 Å². The second-order valence-corrected chi connectivity index (χ2v) is 16.0. The Kier molecular flexibility index (Phi) is 14.0. The zero-order chi connectivity index (χ0) is 41.2. The molecule has 0 saturated heterocycles. The fraction of sp³-hybridized carbons (Fsp3) is 0.232. The third-order valence-electron chi connectivity index (χ3n) is 11.5. The topological polar surface area (TPSA) is 3.24 Å². The minimum absolute atomic E-state index is 0.0467. The van der Waals surface area contributed by atoms with E-state index in [1.54, 1.807) is 0 Å². The first-order valence-electron chi connectivity index (χ1n) is 20.4. The summed E-state index contributed by atoms with van der Waals surface area (Å²) in [6.07, 6.45) is 30.2. The molecule has 0 spiro atoms. The minimum atomic E-state index is -0.116. The highest BCUT2D eigenvalue weighted by Crippen LogP contribution is 2.52. The molecule has 0 heterocycles. The van der Waals surface area contributed by atoms with Crippen molar-refractivity contribution in [3.05, 3.63) is 232 Å². The zero-order valence-corrected chi connectivity index (χ0v) is 35.8. The molecule has 0 atom stereocenters. The molecule has 0 bridgehead atoms. The predicted molar refractivity (Wildman–Crippen MR) is 252 cm³/mol. The molecule has 0 radical (unpaired) electrons. The van der Waals surface area contributed by atoms with Crippen molar-refractivity contribution < 1.29 is 0 Å². The summed E-state index contributed by atoms with van der Waals surface area (Å²) in [6, 6.07) is 27.9. The Morgan fingerprint density at radius 3 is 2.19 bits per heavy atom. The van der Waals surface area contributed by atoms with Crippen molar-refractivity contribution in [2.45, 2.75) is 80.6 Å². The molecule has 290 valence electrons. The third kappa shape index (κ3) is 9.75. The van der Waals surface area contributed by atoms with Crippen molar-refractivity contribution in [2.24, 2.45) is 5.41 Å². The number of anilines is 1. The quantitative estimate of drug-likeness (QED) is 0.117. The summed E-state index contributed by atoms with van der Waals surface area (Å²) in [7, 11) is 0. The number of hydrogen-bond donors (Lipinski definition) is 0. The lowest BCUT2D eigenvalue weighted by atomic mass is 9.72. The van der Waals surface area contributed by atoms with Gasteiger partial charge in [0, 0.05) is 28.1 Å². The van der Waals surface area contributed by atoms with Crippen molar-refractivity contribution in [2.75, 3.05) is 4.90 Å². The Balaban J connectivity index is 1.46. The van der Waals surface area contributed by atoms with Crippen LogP contribution in [0.25, 0.3) is 17.2 Å². The predicted octanol–water partition coefficient (Wildman–Crippen LogP) is 15.8. The molecule has 2 aliphatic carbocycles. The molecule has 3 aromatic rings. The number of para-hydroxylation sites is 1. The molecular formula is C56H61N. The first kappa shape index (κ1) is 42.3. The molecule has 0 N–H and O–H groups in total. The van der Waals surface area contributed by atoms with Gasteiger partial charge in [-0.15, -0.1) is 5.73 Å². The summed E-state index contributed by atoms with van der Waals surface area (Å²) in [5.74, 6) is 0. The van der Waals surface area contributed by atoms with Crippen LogP contribution < -0.4 is 4.90 Å². The monoisotopic (exact) mass is 747 g/mol. The SMILES string of the molecule is C=C/C(=C\C1=C(C)c2ccc(/C=C/C3=CC=C=C(C(=C/C(=C)c4ccccc4)/C=C(\C)C(C)(C)C)C=C3)cc2C1(CC)CC)N(/C(C)=C/C=C\C)c1ccccc1. The van der Waals surface area contributed by atoms with E-state index < -0.39 is 0 Å². The van der Waals surface area contributed by atoms with E-state index in [0.29, 0.717) is 0 Å². The van der Waals surface area contributed by atoms with Gasteiger partial charge in [-0.3, -0.25) is 0 Å². The number of benzene rings is 3. The van der Waals surface area contributed by atoms with Gasteiger partial charge in [-0.25, -0.2) is 0 Å². The Labute approximate surface area is 344 Å². The van der Waals surface area contributed by atoms with Crippen LogP contribution in [0.5, 0.6) is 0 Å². The number of fused-ring (bicyclic) bond motifs is 1. The summed E-state index contributed by atoms with van der Waals surface area (Å²) < 4.78 is 0. The molecule has 1 heteroatoms. The lowest BCUT2D eigenvalue weighted by Gasteiger charge is -2.33. The largest absolute Gasteiger partial charge is 0.315 e. The molecule has 0 saturated carbocycles. The Bertz CT molecular complexity index is 2320. The Morgan fingerprint density at radius 2 is 1.56 bits per heavy atom. The zero-order valence-electron chi connectivity index (χ0n) is 35.8. The number of nitrogens with zero attached hydrogens (tertiary/aromatic N) is 1. The molecule has 0 aromatic heterocycles. The molecule has 5 rings (SSSR count). The van der Waals surface area contributed by atoms with Crippen molar-refractivity contribution in [1.82, 2.24) is 0 Å². The first-order chi connectivity index (χ1) is 27.4. The highest BCUT2D eigenvalue weighted by atomic mass is 15.1. The molecule has 2 aliphatic rings. The van der Waals surface area contributed by atoms with Gasteiger partial charge in [0.1, 0.15) is 0 Å².